The highest BCUT2D eigenvalue weighted by atomic mass is 16.4. The summed E-state index contributed by atoms with van der Waals surface area (Å²) in [4.78, 5) is 11.5. The van der Waals surface area contributed by atoms with Gasteiger partial charge in [-0.3, -0.25) is 0 Å². The van der Waals surface area contributed by atoms with Crippen LogP contribution >= 0.6 is 0 Å². The van der Waals surface area contributed by atoms with Gasteiger partial charge in [0.1, 0.15) is 0 Å². The Morgan fingerprint density at radius 3 is 2.64 bits per heavy atom. The summed E-state index contributed by atoms with van der Waals surface area (Å²) in [5.41, 5.74) is 5.49. The molecule has 1 amide bonds. The lowest BCUT2D eigenvalue weighted by Crippen LogP contribution is -2.31. The van der Waals surface area contributed by atoms with Gasteiger partial charge in [0.15, 0.2) is 0 Å². The molecule has 11 heavy (non-hydrogen) atoms. The summed E-state index contributed by atoms with van der Waals surface area (Å²) in [6, 6.07) is 1.65. The largest absolute Gasteiger partial charge is 0.465 e. The molecule has 2 atom stereocenters. The summed E-state index contributed by atoms with van der Waals surface area (Å²) in [6.07, 6.45) is -1.00. The van der Waals surface area contributed by atoms with E-state index in [4.69, 9.17) is 16.1 Å². The van der Waals surface area contributed by atoms with Crippen molar-refractivity contribution in [3.8, 4) is 6.07 Å². The Morgan fingerprint density at radius 1 is 1.73 bits per heavy atom. The third kappa shape index (κ3) is 1.41. The number of rotatable bonds is 0. The maximum absolute atomic E-state index is 10.4. The van der Waals surface area contributed by atoms with Crippen molar-refractivity contribution in [1.29, 1.82) is 5.26 Å². The summed E-state index contributed by atoms with van der Waals surface area (Å²) < 4.78 is 0. The van der Waals surface area contributed by atoms with Crippen molar-refractivity contribution in [3.63, 3.8) is 0 Å². The molecule has 5 heteroatoms. The first-order valence-electron chi connectivity index (χ1n) is 3.28. The number of carboxylic acid groups (broad SMARTS) is 1. The number of nitriles is 1. The predicted molar refractivity (Wildman–Crippen MR) is 36.7 cm³/mol. The van der Waals surface area contributed by atoms with E-state index in [0.29, 0.717) is 0 Å². The number of hydrogen-bond acceptors (Lipinski definition) is 3. The number of hydrogen-bond donors (Lipinski definition) is 2. The highest BCUT2D eigenvalue weighted by Crippen LogP contribution is 2.13. The van der Waals surface area contributed by atoms with Crippen molar-refractivity contribution in [1.82, 2.24) is 4.90 Å². The number of nitrogens with two attached hydrogens (primary N) is 1. The molecule has 0 bridgehead atoms. The van der Waals surface area contributed by atoms with Crippen molar-refractivity contribution in [2.45, 2.75) is 6.04 Å². The molecule has 1 aliphatic heterocycles. The Hall–Kier alpha value is -1.28. The van der Waals surface area contributed by atoms with Gasteiger partial charge >= 0.3 is 6.09 Å². The molecular weight excluding hydrogens is 146 g/mol. The normalized spacial score (nSPS) is 30.0. The molecule has 0 aliphatic carbocycles. The van der Waals surface area contributed by atoms with Gasteiger partial charge in [0.25, 0.3) is 0 Å². The van der Waals surface area contributed by atoms with Crippen molar-refractivity contribution in [3.05, 3.63) is 0 Å². The predicted octanol–water partition coefficient (Wildman–Crippen LogP) is -0.553. The van der Waals surface area contributed by atoms with Gasteiger partial charge in [-0.2, -0.15) is 5.26 Å². The molecule has 1 rings (SSSR count). The lowest BCUT2D eigenvalue weighted by molar-refractivity contribution is 0.154. The molecule has 0 aromatic heterocycles. The molecule has 0 spiro atoms. The standard InChI is InChI=1S/C6H9N3O2/c7-1-4-2-9(6(10)11)3-5(4)8/h4-5H,2-3,8H2,(H,10,11). The van der Waals surface area contributed by atoms with Crippen LogP contribution in [0.1, 0.15) is 0 Å². The minimum atomic E-state index is -1.00. The number of carbonyl (C=O) groups is 1. The average Bonchev–Trinajstić information content (AvgIpc) is 2.31. The van der Waals surface area contributed by atoms with Gasteiger partial charge in [-0.05, 0) is 0 Å². The first-order valence-corrected chi connectivity index (χ1v) is 3.28. The topological polar surface area (TPSA) is 90.3 Å². The molecule has 1 heterocycles. The lowest BCUT2D eigenvalue weighted by atomic mass is 10.1. The first-order chi connectivity index (χ1) is 5.15. The second-order valence-electron chi connectivity index (χ2n) is 2.59. The van der Waals surface area contributed by atoms with E-state index < -0.39 is 6.09 Å². The third-order valence-electron chi connectivity index (χ3n) is 1.80. The van der Waals surface area contributed by atoms with Crippen LogP contribution in [-0.2, 0) is 0 Å². The van der Waals surface area contributed by atoms with Gasteiger partial charge in [0.05, 0.1) is 12.0 Å². The molecule has 0 aromatic rings. The van der Waals surface area contributed by atoms with Crippen LogP contribution in [0.25, 0.3) is 0 Å². The molecule has 1 fully saturated rings. The zero-order valence-corrected chi connectivity index (χ0v) is 5.90. The summed E-state index contributed by atoms with van der Waals surface area (Å²) in [7, 11) is 0. The van der Waals surface area contributed by atoms with Crippen molar-refractivity contribution < 1.29 is 9.90 Å². The van der Waals surface area contributed by atoms with Crippen LogP contribution < -0.4 is 5.73 Å². The fourth-order valence-corrected chi connectivity index (χ4v) is 1.12. The molecule has 1 aliphatic rings. The molecule has 0 radical (unpaired) electrons. The van der Waals surface area contributed by atoms with Gasteiger partial charge in [0.2, 0.25) is 0 Å². The van der Waals surface area contributed by atoms with E-state index in [9.17, 15) is 4.79 Å². The SMILES string of the molecule is N#CC1CN(C(=O)O)CC1N. The van der Waals surface area contributed by atoms with E-state index in [1.807, 2.05) is 6.07 Å². The van der Waals surface area contributed by atoms with Crippen LogP contribution in [0.3, 0.4) is 0 Å². The molecule has 0 aromatic carbocycles. The molecule has 3 N–H and O–H groups in total. The van der Waals surface area contributed by atoms with Gasteiger partial charge in [-0.25, -0.2) is 4.79 Å². The first kappa shape index (κ1) is 7.82. The van der Waals surface area contributed by atoms with Gasteiger partial charge in [0, 0.05) is 19.1 Å². The maximum atomic E-state index is 10.4. The van der Waals surface area contributed by atoms with Crippen LogP contribution in [0, 0.1) is 17.2 Å². The number of amides is 1. The summed E-state index contributed by atoms with van der Waals surface area (Å²) in [6.45, 7) is 0.514. The second-order valence-corrected chi connectivity index (χ2v) is 2.59. The quantitative estimate of drug-likeness (QED) is 0.491. The third-order valence-corrected chi connectivity index (χ3v) is 1.80. The Bertz CT molecular complexity index is 210. The monoisotopic (exact) mass is 155 g/mol. The zero-order valence-electron chi connectivity index (χ0n) is 5.90. The van der Waals surface area contributed by atoms with Gasteiger partial charge in [-0.1, -0.05) is 0 Å². The van der Waals surface area contributed by atoms with Crippen molar-refractivity contribution in [2.75, 3.05) is 13.1 Å². The summed E-state index contributed by atoms with van der Waals surface area (Å²) in [5, 5.41) is 17.0. The van der Waals surface area contributed by atoms with Crippen molar-refractivity contribution >= 4 is 6.09 Å². The lowest BCUT2D eigenvalue weighted by Gasteiger charge is -2.08. The molecular formula is C6H9N3O2. The van der Waals surface area contributed by atoms with Crippen LogP contribution in [0.5, 0.6) is 0 Å². The van der Waals surface area contributed by atoms with Crippen LogP contribution in [0.15, 0.2) is 0 Å². The average molecular weight is 155 g/mol. The van der Waals surface area contributed by atoms with E-state index in [1.54, 1.807) is 0 Å². The van der Waals surface area contributed by atoms with E-state index in [1.165, 1.54) is 4.90 Å². The fraction of sp³-hybridized carbons (Fsp3) is 0.667. The number of likely N-dealkylation sites (tertiary alicyclic amines) is 1. The van der Waals surface area contributed by atoms with E-state index in [-0.39, 0.29) is 25.0 Å². The number of nitrogens with zero attached hydrogens (tertiary/aromatic N) is 2. The van der Waals surface area contributed by atoms with Crippen LogP contribution in [-0.4, -0.2) is 35.2 Å². The maximum Gasteiger partial charge on any atom is 0.407 e. The molecule has 5 nitrogen and oxygen atoms in total. The van der Waals surface area contributed by atoms with Crippen LogP contribution in [0.4, 0.5) is 4.79 Å². The fourth-order valence-electron chi connectivity index (χ4n) is 1.12. The molecule has 1 saturated heterocycles. The minimum absolute atomic E-state index is 0.243. The van der Waals surface area contributed by atoms with Gasteiger partial charge < -0.3 is 15.7 Å². The minimum Gasteiger partial charge on any atom is -0.465 e. The smallest absolute Gasteiger partial charge is 0.407 e. The van der Waals surface area contributed by atoms with Gasteiger partial charge in [-0.15, -0.1) is 0 Å². The Balaban J connectivity index is 2.58. The van der Waals surface area contributed by atoms with Crippen LogP contribution in [0.2, 0.25) is 0 Å². The Labute approximate surface area is 64.0 Å². The van der Waals surface area contributed by atoms with Crippen molar-refractivity contribution in [2.24, 2.45) is 11.7 Å². The molecule has 0 saturated carbocycles. The summed E-state index contributed by atoms with van der Waals surface area (Å²) in [5.74, 6) is -0.342. The second kappa shape index (κ2) is 2.76. The van der Waals surface area contributed by atoms with E-state index >= 15 is 0 Å². The Morgan fingerprint density at radius 2 is 2.36 bits per heavy atom. The summed E-state index contributed by atoms with van der Waals surface area (Å²) >= 11 is 0. The Kier molecular flexibility index (Phi) is 1.96. The highest BCUT2D eigenvalue weighted by molar-refractivity contribution is 5.65. The zero-order chi connectivity index (χ0) is 8.43. The molecule has 2 unspecified atom stereocenters. The molecule has 60 valence electrons. The van der Waals surface area contributed by atoms with E-state index in [0.717, 1.165) is 0 Å². The highest BCUT2D eigenvalue weighted by Gasteiger charge is 2.32. The van der Waals surface area contributed by atoms with E-state index in [2.05, 4.69) is 0 Å².